The van der Waals surface area contributed by atoms with Gasteiger partial charge in [-0.05, 0) is 75.2 Å². The third-order valence-electron chi connectivity index (χ3n) is 6.72. The molecule has 2 atom stereocenters. The van der Waals surface area contributed by atoms with Gasteiger partial charge in [-0.15, -0.1) is 0 Å². The summed E-state index contributed by atoms with van der Waals surface area (Å²) >= 11 is 9.82. The van der Waals surface area contributed by atoms with Gasteiger partial charge in [0.1, 0.15) is 18.3 Å². The van der Waals surface area contributed by atoms with Crippen LogP contribution in [0.15, 0.2) is 76.1 Å². The van der Waals surface area contributed by atoms with E-state index in [2.05, 4.69) is 21.2 Å². The first-order valence-electron chi connectivity index (χ1n) is 13.1. The Morgan fingerprint density at radius 1 is 1.05 bits per heavy atom. The molecule has 0 saturated carbocycles. The van der Waals surface area contributed by atoms with Gasteiger partial charge in [0.2, 0.25) is 11.8 Å². The summed E-state index contributed by atoms with van der Waals surface area (Å²) in [6.07, 6.45) is 0.721. The number of nitrogens with one attached hydrogen (secondary N) is 1. The van der Waals surface area contributed by atoms with Gasteiger partial charge in [-0.1, -0.05) is 64.3 Å². The van der Waals surface area contributed by atoms with Crippen LogP contribution in [-0.2, 0) is 26.2 Å². The number of methoxy groups -OCH3 is 1. The number of carbonyl (C=O) groups is 2. The summed E-state index contributed by atoms with van der Waals surface area (Å²) < 4.78 is 35.0. The van der Waals surface area contributed by atoms with Crippen molar-refractivity contribution >= 4 is 55.1 Å². The number of carbonyl (C=O) groups excluding carboxylic acids is 2. The van der Waals surface area contributed by atoms with Crippen LogP contribution in [0.25, 0.3) is 0 Å². The van der Waals surface area contributed by atoms with Crippen molar-refractivity contribution in [2.45, 2.75) is 57.6 Å². The third-order valence-corrected chi connectivity index (χ3v) is 9.30. The standard InChI is InChI=1S/C30H35BrClN3O5S/c1-6-21(3)33-30(37)22(4)34(18-23-8-7-9-24(31)16-23)29(36)19-35(25-12-15-28(40-5)27(32)17-25)41(38,39)26-13-10-20(2)11-14-26/h7-17,21-22H,6,18-19H2,1-5H3,(H,33,37)/t21-,22+/m1/s1. The SMILES string of the molecule is CC[C@@H](C)NC(=O)[C@H](C)N(Cc1cccc(Br)c1)C(=O)CN(c1ccc(OC)c(Cl)c1)S(=O)(=O)c1ccc(C)cc1. The zero-order valence-electron chi connectivity index (χ0n) is 23.7. The van der Waals surface area contributed by atoms with E-state index < -0.39 is 28.5 Å². The van der Waals surface area contributed by atoms with Gasteiger partial charge >= 0.3 is 0 Å². The number of hydrogen-bond acceptors (Lipinski definition) is 5. The highest BCUT2D eigenvalue weighted by atomic mass is 79.9. The van der Waals surface area contributed by atoms with Crippen LogP contribution >= 0.6 is 27.5 Å². The first-order chi connectivity index (χ1) is 19.4. The van der Waals surface area contributed by atoms with Gasteiger partial charge < -0.3 is 15.0 Å². The smallest absolute Gasteiger partial charge is 0.264 e. The molecule has 0 radical (unpaired) electrons. The first kappa shape index (κ1) is 32.4. The molecule has 3 aromatic carbocycles. The van der Waals surface area contributed by atoms with E-state index in [4.69, 9.17) is 16.3 Å². The molecule has 8 nitrogen and oxygen atoms in total. The number of anilines is 1. The molecule has 2 amide bonds. The fraction of sp³-hybridized carbons (Fsp3) is 0.333. The number of ether oxygens (including phenoxy) is 1. The van der Waals surface area contributed by atoms with Crippen LogP contribution in [0.2, 0.25) is 5.02 Å². The fourth-order valence-corrected chi connectivity index (χ4v) is 6.16. The van der Waals surface area contributed by atoms with Crippen LogP contribution in [-0.4, -0.2) is 50.9 Å². The average Bonchev–Trinajstić information content (AvgIpc) is 2.94. The molecular formula is C30H35BrClN3O5S. The van der Waals surface area contributed by atoms with Gasteiger partial charge in [0.15, 0.2) is 0 Å². The highest BCUT2D eigenvalue weighted by Crippen LogP contribution is 2.32. The van der Waals surface area contributed by atoms with Crippen molar-refractivity contribution in [2.24, 2.45) is 0 Å². The Morgan fingerprint density at radius 3 is 2.32 bits per heavy atom. The Balaban J connectivity index is 2.06. The second-order valence-corrected chi connectivity index (χ2v) is 13.0. The van der Waals surface area contributed by atoms with Crippen LogP contribution in [0.5, 0.6) is 5.75 Å². The molecule has 0 aliphatic rings. The number of nitrogens with zero attached hydrogens (tertiary/aromatic N) is 2. The number of hydrogen-bond donors (Lipinski definition) is 1. The number of rotatable bonds is 12. The van der Waals surface area contributed by atoms with Gasteiger partial charge in [0, 0.05) is 17.1 Å². The van der Waals surface area contributed by atoms with Crippen molar-refractivity contribution in [3.8, 4) is 5.75 Å². The summed E-state index contributed by atoms with van der Waals surface area (Å²) in [5.41, 5.74) is 1.85. The Bertz CT molecular complexity index is 1480. The monoisotopic (exact) mass is 663 g/mol. The largest absolute Gasteiger partial charge is 0.495 e. The van der Waals surface area contributed by atoms with Crippen LogP contribution in [0.1, 0.15) is 38.3 Å². The van der Waals surface area contributed by atoms with Crippen LogP contribution in [0.3, 0.4) is 0 Å². The van der Waals surface area contributed by atoms with Gasteiger partial charge in [0.05, 0.1) is 22.7 Å². The summed E-state index contributed by atoms with van der Waals surface area (Å²) in [5, 5.41) is 3.11. The van der Waals surface area contributed by atoms with E-state index in [9.17, 15) is 18.0 Å². The molecule has 0 aliphatic carbocycles. The van der Waals surface area contributed by atoms with Crippen molar-refractivity contribution in [1.29, 1.82) is 0 Å². The minimum Gasteiger partial charge on any atom is -0.495 e. The Labute approximate surface area is 255 Å². The molecule has 0 heterocycles. The molecule has 0 unspecified atom stereocenters. The van der Waals surface area contributed by atoms with E-state index in [0.29, 0.717) is 5.75 Å². The molecule has 0 spiro atoms. The maximum absolute atomic E-state index is 14.0. The zero-order chi connectivity index (χ0) is 30.3. The lowest BCUT2D eigenvalue weighted by atomic mass is 10.1. The van der Waals surface area contributed by atoms with E-state index in [1.165, 1.54) is 36.3 Å². The highest BCUT2D eigenvalue weighted by Gasteiger charge is 2.33. The van der Waals surface area contributed by atoms with Crippen LogP contribution < -0.4 is 14.4 Å². The number of sulfonamides is 1. The topological polar surface area (TPSA) is 96.0 Å². The van der Waals surface area contributed by atoms with Gasteiger partial charge in [0.25, 0.3) is 10.0 Å². The molecule has 1 N–H and O–H groups in total. The number of halogens is 2. The molecule has 3 aromatic rings. The number of amides is 2. The van der Waals surface area contributed by atoms with Crippen LogP contribution in [0.4, 0.5) is 5.69 Å². The zero-order valence-corrected chi connectivity index (χ0v) is 26.9. The molecular weight excluding hydrogens is 630 g/mol. The predicted molar refractivity (Wildman–Crippen MR) is 166 cm³/mol. The van der Waals surface area contributed by atoms with E-state index >= 15 is 0 Å². The number of aryl methyl sites for hydroxylation is 1. The summed E-state index contributed by atoms with van der Waals surface area (Å²) in [7, 11) is -2.75. The Kier molecular flexibility index (Phi) is 11.2. The summed E-state index contributed by atoms with van der Waals surface area (Å²) in [6.45, 7) is 6.86. The lowest BCUT2D eigenvalue weighted by Gasteiger charge is -2.32. The van der Waals surface area contributed by atoms with Gasteiger partial charge in [-0.25, -0.2) is 8.42 Å². The molecule has 11 heteroatoms. The fourth-order valence-electron chi connectivity index (χ4n) is 4.06. The second kappa shape index (κ2) is 14.2. The molecule has 3 rings (SSSR count). The maximum atomic E-state index is 14.0. The molecule has 0 bridgehead atoms. The molecule has 220 valence electrons. The Morgan fingerprint density at radius 2 is 1.73 bits per heavy atom. The van der Waals surface area contributed by atoms with Gasteiger partial charge in [-0.2, -0.15) is 0 Å². The molecule has 0 saturated heterocycles. The van der Waals surface area contributed by atoms with E-state index in [0.717, 1.165) is 26.3 Å². The van der Waals surface area contributed by atoms with Crippen molar-refractivity contribution in [3.63, 3.8) is 0 Å². The number of benzene rings is 3. The second-order valence-electron chi connectivity index (χ2n) is 9.79. The average molecular weight is 665 g/mol. The van der Waals surface area contributed by atoms with E-state index in [1.54, 1.807) is 25.1 Å². The molecule has 0 aromatic heterocycles. The van der Waals surface area contributed by atoms with Crippen molar-refractivity contribution in [1.82, 2.24) is 10.2 Å². The highest BCUT2D eigenvalue weighted by molar-refractivity contribution is 9.10. The molecule has 41 heavy (non-hydrogen) atoms. The lowest BCUT2D eigenvalue weighted by Crippen LogP contribution is -2.52. The summed E-state index contributed by atoms with van der Waals surface area (Å²) in [5.74, 6) is -0.524. The predicted octanol–water partition coefficient (Wildman–Crippen LogP) is 5.95. The summed E-state index contributed by atoms with van der Waals surface area (Å²) in [6, 6.07) is 17.3. The Hall–Kier alpha value is -3.08. The first-order valence-corrected chi connectivity index (χ1v) is 15.8. The van der Waals surface area contributed by atoms with Gasteiger partial charge in [-0.3, -0.25) is 13.9 Å². The van der Waals surface area contributed by atoms with E-state index in [-0.39, 0.29) is 34.1 Å². The maximum Gasteiger partial charge on any atom is 0.264 e. The van der Waals surface area contributed by atoms with E-state index in [1.807, 2.05) is 45.0 Å². The molecule has 0 fully saturated rings. The van der Waals surface area contributed by atoms with Crippen LogP contribution in [0, 0.1) is 6.92 Å². The minimum absolute atomic E-state index is 0.0175. The minimum atomic E-state index is -4.21. The normalized spacial score (nSPS) is 12.8. The lowest BCUT2D eigenvalue weighted by molar-refractivity contribution is -0.139. The third kappa shape index (κ3) is 8.24. The van der Waals surface area contributed by atoms with Crippen molar-refractivity contribution in [2.75, 3.05) is 18.0 Å². The molecule has 0 aliphatic heterocycles. The van der Waals surface area contributed by atoms with Crippen molar-refractivity contribution < 1.29 is 22.7 Å². The summed E-state index contributed by atoms with van der Waals surface area (Å²) in [4.78, 5) is 28.6. The van der Waals surface area contributed by atoms with Crippen molar-refractivity contribution in [3.05, 3.63) is 87.4 Å². The quantitative estimate of drug-likeness (QED) is 0.258.